The van der Waals surface area contributed by atoms with Crippen molar-refractivity contribution in [2.45, 2.75) is 32.3 Å². The molecule has 4 atom stereocenters. The number of phenolic OH excluding ortho intramolecular Hbond substituents is 1. The first-order valence-corrected chi connectivity index (χ1v) is 15.8. The van der Waals surface area contributed by atoms with E-state index in [0.717, 1.165) is 16.7 Å². The first kappa shape index (κ1) is 29.4. The van der Waals surface area contributed by atoms with E-state index in [2.05, 4.69) is 15.9 Å². The van der Waals surface area contributed by atoms with E-state index in [1.165, 1.54) is 17.0 Å². The number of rotatable bonds is 5. The molecule has 9 heteroatoms. The second kappa shape index (κ2) is 11.3. The van der Waals surface area contributed by atoms with Crippen LogP contribution in [-0.2, 0) is 25.8 Å². The number of nitrogens with zero attached hydrogens (tertiary/aromatic N) is 1. The van der Waals surface area contributed by atoms with Gasteiger partial charge in [-0.3, -0.25) is 19.2 Å². The molecule has 1 N–H and O–H groups in total. The Hall–Kier alpha value is -4.27. The molecular weight excluding hydrogens is 658 g/mol. The first-order chi connectivity index (χ1) is 21.6. The zero-order chi connectivity index (χ0) is 31.6. The number of aryl methyl sites for hydroxylation is 1. The molecule has 0 radical (unpaired) electrons. The second-order valence-corrected chi connectivity index (χ2v) is 13.1. The van der Waals surface area contributed by atoms with Crippen molar-refractivity contribution in [1.29, 1.82) is 0 Å². The Kier molecular flexibility index (Phi) is 7.37. The van der Waals surface area contributed by atoms with Crippen LogP contribution in [0.25, 0.3) is 0 Å². The number of ether oxygens (including phenoxy) is 1. The lowest BCUT2D eigenvalue weighted by Gasteiger charge is -2.42. The van der Waals surface area contributed by atoms with Gasteiger partial charge in [0.05, 0.1) is 22.0 Å². The number of ketones is 2. The Morgan fingerprint density at radius 3 is 2.49 bits per heavy atom. The molecule has 0 aromatic heterocycles. The normalized spacial score (nSPS) is 24.2. The van der Waals surface area contributed by atoms with Gasteiger partial charge in [0.25, 0.3) is 0 Å². The fourth-order valence-electron chi connectivity index (χ4n) is 7.14. The SMILES string of the molecule is Cc1ccc(N2C(=O)C3CC=C4C(c5ccc(OCc6ccccc6)cc5O)C5=C(CC4C3C2=O)C(=O)C(Br)=CC5=O)cc1Cl. The lowest BCUT2D eigenvalue weighted by Crippen LogP contribution is -2.39. The van der Waals surface area contributed by atoms with E-state index in [0.29, 0.717) is 34.2 Å². The van der Waals surface area contributed by atoms with E-state index < -0.39 is 23.7 Å². The van der Waals surface area contributed by atoms with Gasteiger partial charge in [-0.15, -0.1) is 0 Å². The zero-order valence-electron chi connectivity index (χ0n) is 24.1. The summed E-state index contributed by atoms with van der Waals surface area (Å²) < 4.78 is 6.05. The predicted molar refractivity (Wildman–Crippen MR) is 172 cm³/mol. The number of anilines is 1. The van der Waals surface area contributed by atoms with Crippen molar-refractivity contribution in [3.8, 4) is 11.5 Å². The van der Waals surface area contributed by atoms with Crippen LogP contribution in [0.3, 0.4) is 0 Å². The summed E-state index contributed by atoms with van der Waals surface area (Å²) in [6.07, 6.45) is 3.60. The highest BCUT2D eigenvalue weighted by molar-refractivity contribution is 9.12. The summed E-state index contributed by atoms with van der Waals surface area (Å²) in [4.78, 5) is 56.0. The van der Waals surface area contributed by atoms with Gasteiger partial charge in [-0.1, -0.05) is 65.7 Å². The van der Waals surface area contributed by atoms with Gasteiger partial charge in [0.2, 0.25) is 11.8 Å². The van der Waals surface area contributed by atoms with E-state index >= 15 is 0 Å². The number of imide groups is 1. The number of halogens is 2. The minimum absolute atomic E-state index is 0.0975. The van der Waals surface area contributed by atoms with Gasteiger partial charge in [-0.2, -0.15) is 0 Å². The minimum atomic E-state index is -0.776. The number of benzene rings is 3. The van der Waals surface area contributed by atoms with Crippen molar-refractivity contribution >= 4 is 56.6 Å². The summed E-state index contributed by atoms with van der Waals surface area (Å²) in [6.45, 7) is 2.15. The summed E-state index contributed by atoms with van der Waals surface area (Å²) in [7, 11) is 0. The van der Waals surface area contributed by atoms with Gasteiger partial charge in [0.15, 0.2) is 11.6 Å². The smallest absolute Gasteiger partial charge is 0.238 e. The molecule has 0 saturated carbocycles. The van der Waals surface area contributed by atoms with Crippen LogP contribution in [0.2, 0.25) is 5.02 Å². The molecule has 7 rings (SSSR count). The highest BCUT2D eigenvalue weighted by atomic mass is 79.9. The van der Waals surface area contributed by atoms with Gasteiger partial charge in [0, 0.05) is 39.8 Å². The van der Waals surface area contributed by atoms with Crippen LogP contribution in [0.4, 0.5) is 5.69 Å². The molecule has 45 heavy (non-hydrogen) atoms. The Morgan fingerprint density at radius 1 is 0.978 bits per heavy atom. The maximum atomic E-state index is 14.1. The lowest BCUT2D eigenvalue weighted by molar-refractivity contribution is -0.123. The number of carbonyl (C=O) groups is 4. The summed E-state index contributed by atoms with van der Waals surface area (Å²) >= 11 is 9.60. The molecule has 3 aromatic carbocycles. The van der Waals surface area contributed by atoms with E-state index in [1.54, 1.807) is 30.3 Å². The van der Waals surface area contributed by atoms with Crippen molar-refractivity contribution in [2.24, 2.45) is 17.8 Å². The Bertz CT molecular complexity index is 1910. The monoisotopic (exact) mass is 683 g/mol. The summed E-state index contributed by atoms with van der Waals surface area (Å²) in [6, 6.07) is 19.6. The summed E-state index contributed by atoms with van der Waals surface area (Å²) in [5.41, 5.74) is 3.96. The fourth-order valence-corrected chi connectivity index (χ4v) is 7.76. The number of fused-ring (bicyclic) bond motifs is 3. The van der Waals surface area contributed by atoms with E-state index in [4.69, 9.17) is 16.3 Å². The van der Waals surface area contributed by atoms with E-state index in [1.807, 2.05) is 43.3 Å². The van der Waals surface area contributed by atoms with Crippen molar-refractivity contribution in [3.05, 3.63) is 122 Å². The van der Waals surface area contributed by atoms with Gasteiger partial charge in [-0.25, -0.2) is 4.90 Å². The molecule has 1 fully saturated rings. The number of carbonyl (C=O) groups excluding carboxylic acids is 4. The first-order valence-electron chi connectivity index (χ1n) is 14.7. The molecular formula is C36H27BrClNO6. The third-order valence-electron chi connectivity index (χ3n) is 9.31. The van der Waals surface area contributed by atoms with Crippen LogP contribution < -0.4 is 9.64 Å². The van der Waals surface area contributed by atoms with Crippen molar-refractivity contribution < 1.29 is 29.0 Å². The molecule has 1 aliphatic heterocycles. The highest BCUT2D eigenvalue weighted by Crippen LogP contribution is 2.56. The molecule has 2 amide bonds. The van der Waals surface area contributed by atoms with Crippen molar-refractivity contribution in [3.63, 3.8) is 0 Å². The highest BCUT2D eigenvalue weighted by Gasteiger charge is 2.57. The van der Waals surface area contributed by atoms with E-state index in [9.17, 15) is 24.3 Å². The number of hydrogen-bond donors (Lipinski definition) is 1. The second-order valence-electron chi connectivity index (χ2n) is 11.8. The number of phenols is 1. The number of aromatic hydroxyl groups is 1. The zero-order valence-corrected chi connectivity index (χ0v) is 26.5. The Morgan fingerprint density at radius 2 is 1.76 bits per heavy atom. The van der Waals surface area contributed by atoms with Crippen LogP contribution in [-0.4, -0.2) is 28.5 Å². The predicted octanol–water partition coefficient (Wildman–Crippen LogP) is 6.90. The largest absolute Gasteiger partial charge is 0.507 e. The van der Waals surface area contributed by atoms with Crippen LogP contribution in [0.15, 0.2) is 100 Å². The average Bonchev–Trinajstić information content (AvgIpc) is 3.29. The maximum absolute atomic E-state index is 14.1. The molecule has 7 nitrogen and oxygen atoms in total. The van der Waals surface area contributed by atoms with Crippen molar-refractivity contribution in [1.82, 2.24) is 0 Å². The number of allylic oxidation sites excluding steroid dienone is 6. The Balaban J connectivity index is 1.28. The average molecular weight is 685 g/mol. The van der Waals surface area contributed by atoms with Gasteiger partial charge >= 0.3 is 0 Å². The van der Waals surface area contributed by atoms with Crippen LogP contribution in [0.5, 0.6) is 11.5 Å². The third kappa shape index (κ3) is 4.87. The summed E-state index contributed by atoms with van der Waals surface area (Å²) in [5.74, 6) is -3.67. The maximum Gasteiger partial charge on any atom is 0.238 e. The fraction of sp³-hybridized carbons (Fsp3) is 0.222. The minimum Gasteiger partial charge on any atom is -0.507 e. The topological polar surface area (TPSA) is 101 Å². The van der Waals surface area contributed by atoms with Crippen LogP contribution in [0, 0.1) is 24.7 Å². The molecule has 4 aliphatic rings. The number of amides is 2. The van der Waals surface area contributed by atoms with Gasteiger partial charge in [0.1, 0.15) is 18.1 Å². The number of Topliss-reactive ketones (excluding diaryl/α,β-unsaturated/α-hetero) is 1. The number of hydrogen-bond acceptors (Lipinski definition) is 6. The molecule has 0 spiro atoms. The van der Waals surface area contributed by atoms with Gasteiger partial charge in [-0.05, 0) is 70.9 Å². The van der Waals surface area contributed by atoms with Crippen LogP contribution >= 0.6 is 27.5 Å². The Labute approximate surface area is 273 Å². The molecule has 1 heterocycles. The molecule has 0 bridgehead atoms. The van der Waals surface area contributed by atoms with Crippen molar-refractivity contribution in [2.75, 3.05) is 4.90 Å². The third-order valence-corrected chi connectivity index (χ3v) is 10.3. The molecule has 1 saturated heterocycles. The van der Waals surface area contributed by atoms with Crippen LogP contribution in [0.1, 0.15) is 35.4 Å². The summed E-state index contributed by atoms with van der Waals surface area (Å²) in [5, 5.41) is 11.8. The van der Waals surface area contributed by atoms with Gasteiger partial charge < -0.3 is 9.84 Å². The molecule has 226 valence electrons. The molecule has 3 aliphatic carbocycles. The standard InChI is InChI=1S/C36H27BrClNO6/c1-18-7-8-20(13-28(18)38)39-35(43)24-12-11-22-25(32(24)36(39)44)15-26-33(30(41)16-27(37)34(26)42)31(22)23-10-9-21(14-29(23)40)45-17-19-5-3-2-4-6-19/h2-11,13-14,16,24-25,31-32,40H,12,15,17H2,1H3. The molecule has 4 unspecified atom stereocenters. The van der Waals surface area contributed by atoms with E-state index in [-0.39, 0.29) is 52.0 Å². The quantitative estimate of drug-likeness (QED) is 0.178. The molecule has 3 aromatic rings. The lowest BCUT2D eigenvalue weighted by atomic mass is 9.59.